The molecule has 0 bridgehead atoms. The van der Waals surface area contributed by atoms with Gasteiger partial charge in [-0.05, 0) is 57.7 Å². The van der Waals surface area contributed by atoms with E-state index in [-0.39, 0.29) is 6.09 Å². The largest absolute Gasteiger partial charge is 0.443 e. The van der Waals surface area contributed by atoms with Gasteiger partial charge in [-0.15, -0.1) is 0 Å². The molecule has 1 amide bonds. The van der Waals surface area contributed by atoms with Gasteiger partial charge in [0.15, 0.2) is 0 Å². The zero-order valence-electron chi connectivity index (χ0n) is 14.9. The van der Waals surface area contributed by atoms with Crippen LogP contribution in [0, 0.1) is 0 Å². The van der Waals surface area contributed by atoms with E-state index in [2.05, 4.69) is 30.4 Å². The highest BCUT2D eigenvalue weighted by Crippen LogP contribution is 2.32. The van der Waals surface area contributed by atoms with Crippen LogP contribution in [0.3, 0.4) is 0 Å². The number of amides is 1. The first-order valence-corrected chi connectivity index (χ1v) is 8.74. The van der Waals surface area contributed by atoms with E-state index < -0.39 is 5.60 Å². The van der Waals surface area contributed by atoms with Gasteiger partial charge < -0.3 is 10.1 Å². The van der Waals surface area contributed by atoms with E-state index >= 15 is 0 Å². The van der Waals surface area contributed by atoms with E-state index in [9.17, 15) is 4.79 Å². The highest BCUT2D eigenvalue weighted by atomic mass is 16.6. The average Bonchev–Trinajstić information content (AvgIpc) is 2.49. The summed E-state index contributed by atoms with van der Waals surface area (Å²) >= 11 is 0. The quantitative estimate of drug-likeness (QED) is 0.825. The summed E-state index contributed by atoms with van der Waals surface area (Å²) in [7, 11) is 0. The molecule has 4 nitrogen and oxygen atoms in total. The smallest absolute Gasteiger partial charge is 0.414 e. The Morgan fingerprint density at radius 3 is 2.83 bits per heavy atom. The molecule has 1 aromatic rings. The Hall–Kier alpha value is -1.55. The van der Waals surface area contributed by atoms with Crippen LogP contribution in [0.4, 0.5) is 10.5 Å². The van der Waals surface area contributed by atoms with Crippen LogP contribution in [0.2, 0.25) is 0 Å². The molecule has 0 aromatic heterocycles. The molecule has 0 saturated carbocycles. The van der Waals surface area contributed by atoms with E-state index in [1.807, 2.05) is 25.7 Å². The van der Waals surface area contributed by atoms with Gasteiger partial charge in [-0.25, -0.2) is 4.79 Å². The maximum absolute atomic E-state index is 12.6. The van der Waals surface area contributed by atoms with Gasteiger partial charge in [-0.3, -0.25) is 4.90 Å². The number of anilines is 1. The van der Waals surface area contributed by atoms with Crippen molar-refractivity contribution in [1.29, 1.82) is 0 Å². The lowest BCUT2D eigenvalue weighted by atomic mass is 9.98. The molecule has 0 saturated heterocycles. The number of nitrogens with one attached hydrogen (secondary N) is 1. The van der Waals surface area contributed by atoms with Gasteiger partial charge in [0.25, 0.3) is 0 Å². The second-order valence-electron chi connectivity index (χ2n) is 7.19. The minimum Gasteiger partial charge on any atom is -0.443 e. The Kier molecular flexibility index (Phi) is 6.05. The third kappa shape index (κ3) is 4.96. The third-order valence-corrected chi connectivity index (χ3v) is 3.94. The van der Waals surface area contributed by atoms with Gasteiger partial charge in [0, 0.05) is 13.1 Å². The highest BCUT2D eigenvalue weighted by molar-refractivity contribution is 5.90. The zero-order chi connectivity index (χ0) is 16.9. The van der Waals surface area contributed by atoms with Crippen LogP contribution in [0.15, 0.2) is 18.2 Å². The topological polar surface area (TPSA) is 41.6 Å². The number of rotatable bonds is 5. The van der Waals surface area contributed by atoms with E-state index in [0.717, 1.165) is 38.2 Å². The van der Waals surface area contributed by atoms with Gasteiger partial charge in [0.2, 0.25) is 0 Å². The number of carbonyl (C=O) groups excluding carboxylic acids is 1. The molecule has 1 aliphatic rings. The van der Waals surface area contributed by atoms with Gasteiger partial charge in [0.1, 0.15) is 5.60 Å². The van der Waals surface area contributed by atoms with Crippen molar-refractivity contribution in [3.05, 3.63) is 29.3 Å². The van der Waals surface area contributed by atoms with E-state index in [4.69, 9.17) is 4.74 Å². The van der Waals surface area contributed by atoms with E-state index in [0.29, 0.717) is 0 Å². The fourth-order valence-electron chi connectivity index (χ4n) is 2.90. The summed E-state index contributed by atoms with van der Waals surface area (Å²) in [6, 6.07) is 6.33. The van der Waals surface area contributed by atoms with Crippen molar-refractivity contribution < 1.29 is 9.53 Å². The lowest BCUT2D eigenvalue weighted by Crippen LogP contribution is -2.40. The summed E-state index contributed by atoms with van der Waals surface area (Å²) in [6.07, 6.45) is 4.13. The Morgan fingerprint density at radius 1 is 1.35 bits per heavy atom. The predicted molar refractivity (Wildman–Crippen MR) is 95.0 cm³/mol. The lowest BCUT2D eigenvalue weighted by molar-refractivity contribution is 0.0577. The molecule has 2 rings (SSSR count). The average molecular weight is 318 g/mol. The van der Waals surface area contributed by atoms with Gasteiger partial charge in [-0.1, -0.05) is 31.5 Å². The van der Waals surface area contributed by atoms with Gasteiger partial charge >= 0.3 is 6.09 Å². The molecule has 0 radical (unpaired) electrons. The Bertz CT molecular complexity index is 535. The normalized spacial score (nSPS) is 14.5. The van der Waals surface area contributed by atoms with Crippen LogP contribution < -0.4 is 10.2 Å². The van der Waals surface area contributed by atoms with Crippen LogP contribution in [-0.4, -0.2) is 24.8 Å². The third-order valence-electron chi connectivity index (χ3n) is 3.94. The number of fused-ring (bicyclic) bond motifs is 1. The molecular weight excluding hydrogens is 288 g/mol. The molecule has 4 heteroatoms. The maximum atomic E-state index is 12.6. The molecule has 0 fully saturated rings. The van der Waals surface area contributed by atoms with Crippen molar-refractivity contribution in [2.45, 2.75) is 65.5 Å². The van der Waals surface area contributed by atoms with Crippen molar-refractivity contribution in [2.24, 2.45) is 0 Å². The van der Waals surface area contributed by atoms with Crippen LogP contribution in [-0.2, 0) is 17.7 Å². The van der Waals surface area contributed by atoms with Crippen molar-refractivity contribution in [3.8, 4) is 0 Å². The molecule has 0 spiro atoms. The summed E-state index contributed by atoms with van der Waals surface area (Å²) in [5, 5.41) is 3.48. The van der Waals surface area contributed by atoms with E-state index in [1.54, 1.807) is 0 Å². The summed E-state index contributed by atoms with van der Waals surface area (Å²) in [4.78, 5) is 14.4. The number of aryl methyl sites for hydroxylation is 1. The standard InChI is InChI=1S/C19H30N2O2/c1-5-6-12-20-14-16-10-7-9-15-11-8-13-21(17(15)16)18(22)23-19(2,3)4/h7,9-10,20H,5-6,8,11-14H2,1-4H3. The monoisotopic (exact) mass is 318 g/mol. The minimum absolute atomic E-state index is 0.237. The van der Waals surface area contributed by atoms with Crippen LogP contribution in [0.5, 0.6) is 0 Å². The minimum atomic E-state index is -0.469. The molecule has 0 atom stereocenters. The number of para-hydroxylation sites is 1. The number of unbranched alkanes of at least 4 members (excludes halogenated alkanes) is 1. The fourth-order valence-corrected chi connectivity index (χ4v) is 2.90. The molecular formula is C19H30N2O2. The van der Waals surface area contributed by atoms with Gasteiger partial charge in [0.05, 0.1) is 5.69 Å². The number of ether oxygens (including phenoxy) is 1. The Morgan fingerprint density at radius 2 is 2.13 bits per heavy atom. The van der Waals surface area contributed by atoms with Crippen molar-refractivity contribution in [3.63, 3.8) is 0 Å². The second kappa shape index (κ2) is 7.82. The van der Waals surface area contributed by atoms with Crippen molar-refractivity contribution >= 4 is 11.8 Å². The Balaban J connectivity index is 2.19. The predicted octanol–water partition coefficient (Wildman–Crippen LogP) is 4.26. The SMILES string of the molecule is CCCCNCc1cccc2c1N(C(=O)OC(C)(C)C)CCC2. The molecule has 1 N–H and O–H groups in total. The highest BCUT2D eigenvalue weighted by Gasteiger charge is 2.28. The summed E-state index contributed by atoms with van der Waals surface area (Å²) < 4.78 is 5.60. The van der Waals surface area contributed by atoms with Crippen molar-refractivity contribution in [2.75, 3.05) is 18.0 Å². The molecule has 1 aliphatic heterocycles. The molecule has 0 unspecified atom stereocenters. The molecule has 23 heavy (non-hydrogen) atoms. The number of hydrogen-bond acceptors (Lipinski definition) is 3. The summed E-state index contributed by atoms with van der Waals surface area (Å²) in [6.45, 7) is 10.5. The molecule has 1 heterocycles. The van der Waals surface area contributed by atoms with Crippen molar-refractivity contribution in [1.82, 2.24) is 5.32 Å². The molecule has 0 aliphatic carbocycles. The van der Waals surface area contributed by atoms with Crippen LogP contribution in [0.1, 0.15) is 58.1 Å². The van der Waals surface area contributed by atoms with Gasteiger partial charge in [-0.2, -0.15) is 0 Å². The van der Waals surface area contributed by atoms with Crippen LogP contribution in [0.25, 0.3) is 0 Å². The maximum Gasteiger partial charge on any atom is 0.414 e. The first-order valence-electron chi connectivity index (χ1n) is 8.74. The molecule has 128 valence electrons. The number of benzene rings is 1. The Labute approximate surface area is 140 Å². The van der Waals surface area contributed by atoms with E-state index in [1.165, 1.54) is 24.0 Å². The first kappa shape index (κ1) is 17.8. The molecule has 1 aromatic carbocycles. The second-order valence-corrected chi connectivity index (χ2v) is 7.19. The zero-order valence-corrected chi connectivity index (χ0v) is 14.9. The number of carbonyl (C=O) groups is 1. The van der Waals surface area contributed by atoms with Crippen LogP contribution >= 0.6 is 0 Å². The summed E-state index contributed by atoms with van der Waals surface area (Å²) in [5.41, 5.74) is 3.02. The first-order chi connectivity index (χ1) is 10.9. The summed E-state index contributed by atoms with van der Waals surface area (Å²) in [5.74, 6) is 0. The lowest BCUT2D eigenvalue weighted by Gasteiger charge is -2.33. The number of hydrogen-bond donors (Lipinski definition) is 1. The number of nitrogens with zero attached hydrogens (tertiary/aromatic N) is 1. The fraction of sp³-hybridized carbons (Fsp3) is 0.632.